The molecule has 0 aliphatic heterocycles. The first-order valence-electron chi connectivity index (χ1n) is 6.33. The van der Waals surface area contributed by atoms with Gasteiger partial charge in [0.25, 0.3) is 5.91 Å². The van der Waals surface area contributed by atoms with E-state index in [0.29, 0.717) is 5.13 Å². The van der Waals surface area contributed by atoms with Crippen LogP contribution in [0.15, 0.2) is 18.3 Å². The molecular formula is C12H13N5O4S. The molecule has 0 unspecified atom stereocenters. The number of rotatable bonds is 6. The number of pyridine rings is 1. The summed E-state index contributed by atoms with van der Waals surface area (Å²) in [5.41, 5.74) is 0. The van der Waals surface area contributed by atoms with Gasteiger partial charge in [-0.25, -0.2) is 0 Å². The highest BCUT2D eigenvalue weighted by Crippen LogP contribution is 2.24. The van der Waals surface area contributed by atoms with E-state index in [1.807, 2.05) is 13.8 Å². The van der Waals surface area contributed by atoms with Gasteiger partial charge in [0, 0.05) is 5.92 Å². The van der Waals surface area contributed by atoms with Gasteiger partial charge in [-0.2, -0.15) is 0 Å². The monoisotopic (exact) mass is 323 g/mol. The van der Waals surface area contributed by atoms with Gasteiger partial charge in [-0.05, 0) is 22.0 Å². The predicted octanol–water partition coefficient (Wildman–Crippen LogP) is 1.98. The minimum absolute atomic E-state index is 0.0669. The summed E-state index contributed by atoms with van der Waals surface area (Å²) in [6, 6.07) is 2.86. The van der Waals surface area contributed by atoms with Gasteiger partial charge in [-0.3, -0.25) is 10.1 Å². The number of carbonyl (C=O) groups excluding carboxylic acids is 1. The van der Waals surface area contributed by atoms with Crippen molar-refractivity contribution < 1.29 is 14.5 Å². The minimum Gasteiger partial charge on any atom is -0.476 e. The van der Waals surface area contributed by atoms with E-state index in [4.69, 9.17) is 4.74 Å². The van der Waals surface area contributed by atoms with Gasteiger partial charge >= 0.3 is 5.82 Å². The second kappa shape index (κ2) is 6.89. The number of hydrogen-bond acceptors (Lipinski definition) is 8. The quantitative estimate of drug-likeness (QED) is 0.637. The van der Waals surface area contributed by atoms with Crippen LogP contribution in [0, 0.1) is 10.1 Å². The molecule has 2 aromatic heterocycles. The molecule has 2 heterocycles. The summed E-state index contributed by atoms with van der Waals surface area (Å²) in [6.07, 6.45) is 1.28. The second-order valence-electron chi connectivity index (χ2n) is 4.52. The molecule has 1 amide bonds. The molecule has 0 saturated carbocycles. The third kappa shape index (κ3) is 3.95. The fraction of sp³-hybridized carbons (Fsp3) is 0.333. The Hall–Kier alpha value is -2.62. The van der Waals surface area contributed by atoms with Crippen molar-refractivity contribution in [2.45, 2.75) is 19.8 Å². The van der Waals surface area contributed by atoms with Crippen molar-refractivity contribution in [3.8, 4) is 5.75 Å². The SMILES string of the molecule is CC(C)c1nnc(NC(=O)COc2cccnc2[N+](=O)[O-])s1. The van der Waals surface area contributed by atoms with E-state index in [-0.39, 0.29) is 18.3 Å². The Bertz CT molecular complexity index is 688. The highest BCUT2D eigenvalue weighted by atomic mass is 32.1. The van der Waals surface area contributed by atoms with Gasteiger partial charge in [0.15, 0.2) is 6.61 Å². The van der Waals surface area contributed by atoms with Crippen LogP contribution >= 0.6 is 11.3 Å². The van der Waals surface area contributed by atoms with E-state index < -0.39 is 16.6 Å². The zero-order valence-corrected chi connectivity index (χ0v) is 12.7. The maximum Gasteiger partial charge on any atom is 0.406 e. The Morgan fingerprint density at radius 1 is 1.50 bits per heavy atom. The number of anilines is 1. The van der Waals surface area contributed by atoms with Gasteiger partial charge in [0.1, 0.15) is 11.2 Å². The fourth-order valence-corrected chi connectivity index (χ4v) is 2.21. The van der Waals surface area contributed by atoms with E-state index in [0.717, 1.165) is 5.01 Å². The van der Waals surface area contributed by atoms with Crippen LogP contribution in [0.4, 0.5) is 10.9 Å². The van der Waals surface area contributed by atoms with Gasteiger partial charge in [-0.1, -0.05) is 25.2 Å². The molecule has 0 aliphatic rings. The third-order valence-electron chi connectivity index (χ3n) is 2.46. The molecule has 0 atom stereocenters. The van der Waals surface area contributed by atoms with E-state index >= 15 is 0 Å². The number of nitro groups is 1. The Morgan fingerprint density at radius 3 is 2.91 bits per heavy atom. The van der Waals surface area contributed by atoms with Gasteiger partial charge in [0.05, 0.1) is 0 Å². The molecule has 0 fully saturated rings. The number of nitrogens with one attached hydrogen (secondary N) is 1. The fourth-order valence-electron chi connectivity index (χ4n) is 1.45. The van der Waals surface area contributed by atoms with Crippen LogP contribution in [-0.2, 0) is 4.79 Å². The molecule has 22 heavy (non-hydrogen) atoms. The highest BCUT2D eigenvalue weighted by molar-refractivity contribution is 7.15. The number of aromatic nitrogens is 3. The molecule has 2 aromatic rings. The van der Waals surface area contributed by atoms with E-state index in [2.05, 4.69) is 20.5 Å². The lowest BCUT2D eigenvalue weighted by molar-refractivity contribution is -0.390. The largest absolute Gasteiger partial charge is 0.476 e. The van der Waals surface area contributed by atoms with Crippen molar-refractivity contribution >= 4 is 28.2 Å². The molecular weight excluding hydrogens is 310 g/mol. The Labute approximate surface area is 129 Å². The summed E-state index contributed by atoms with van der Waals surface area (Å²) in [5.74, 6) is -0.766. The summed E-state index contributed by atoms with van der Waals surface area (Å²) >= 11 is 1.27. The van der Waals surface area contributed by atoms with Crippen LogP contribution in [0.3, 0.4) is 0 Å². The Morgan fingerprint density at radius 2 is 2.27 bits per heavy atom. The van der Waals surface area contributed by atoms with E-state index in [1.54, 1.807) is 0 Å². The zero-order valence-electron chi connectivity index (χ0n) is 11.8. The molecule has 0 spiro atoms. The standard InChI is InChI=1S/C12H13N5O4S/c1-7(2)11-15-16-12(22-11)14-9(18)6-21-8-4-3-5-13-10(8)17(19)20/h3-5,7H,6H2,1-2H3,(H,14,16,18). The summed E-state index contributed by atoms with van der Waals surface area (Å²) in [5, 5.41) is 22.2. The Balaban J connectivity index is 1.94. The van der Waals surface area contributed by atoms with Crippen molar-refractivity contribution in [3.05, 3.63) is 33.5 Å². The molecule has 0 bridgehead atoms. The summed E-state index contributed by atoms with van der Waals surface area (Å²) in [7, 11) is 0. The molecule has 116 valence electrons. The van der Waals surface area contributed by atoms with Crippen LogP contribution in [0.25, 0.3) is 0 Å². The predicted molar refractivity (Wildman–Crippen MR) is 79.0 cm³/mol. The summed E-state index contributed by atoms with van der Waals surface area (Å²) in [6.45, 7) is 3.55. The molecule has 9 nitrogen and oxygen atoms in total. The number of nitrogens with zero attached hydrogens (tertiary/aromatic N) is 4. The summed E-state index contributed by atoms with van der Waals surface area (Å²) < 4.78 is 5.13. The van der Waals surface area contributed by atoms with Crippen molar-refractivity contribution in [2.24, 2.45) is 0 Å². The number of amides is 1. The van der Waals surface area contributed by atoms with Gasteiger partial charge in [-0.15, -0.1) is 10.2 Å². The smallest absolute Gasteiger partial charge is 0.406 e. The maximum absolute atomic E-state index is 11.8. The van der Waals surface area contributed by atoms with Gasteiger partial charge in [0.2, 0.25) is 10.9 Å². The van der Waals surface area contributed by atoms with Crippen LogP contribution in [0.5, 0.6) is 5.75 Å². The minimum atomic E-state index is -0.674. The molecule has 0 aliphatic carbocycles. The first kappa shape index (κ1) is 15.8. The normalized spacial score (nSPS) is 10.5. The highest BCUT2D eigenvalue weighted by Gasteiger charge is 2.17. The van der Waals surface area contributed by atoms with Crippen molar-refractivity contribution in [2.75, 3.05) is 11.9 Å². The van der Waals surface area contributed by atoms with E-state index in [1.165, 1.54) is 29.7 Å². The molecule has 0 radical (unpaired) electrons. The zero-order chi connectivity index (χ0) is 16.1. The van der Waals surface area contributed by atoms with Crippen molar-refractivity contribution in [1.29, 1.82) is 0 Å². The lowest BCUT2D eigenvalue weighted by Gasteiger charge is -2.05. The summed E-state index contributed by atoms with van der Waals surface area (Å²) in [4.78, 5) is 25.4. The average Bonchev–Trinajstić information content (AvgIpc) is 2.94. The lowest BCUT2D eigenvalue weighted by atomic mass is 10.2. The molecule has 2 rings (SSSR count). The first-order valence-corrected chi connectivity index (χ1v) is 7.14. The molecule has 0 aromatic carbocycles. The van der Waals surface area contributed by atoms with Crippen LogP contribution < -0.4 is 10.1 Å². The third-order valence-corrected chi connectivity index (χ3v) is 3.60. The van der Waals surface area contributed by atoms with Crippen molar-refractivity contribution in [1.82, 2.24) is 15.2 Å². The molecule has 0 saturated heterocycles. The number of hydrogen-bond donors (Lipinski definition) is 1. The van der Waals surface area contributed by atoms with Crippen LogP contribution in [0.1, 0.15) is 24.8 Å². The topological polar surface area (TPSA) is 120 Å². The first-order chi connectivity index (χ1) is 10.5. The van der Waals surface area contributed by atoms with Crippen LogP contribution in [-0.4, -0.2) is 32.6 Å². The average molecular weight is 323 g/mol. The number of ether oxygens (including phenoxy) is 1. The maximum atomic E-state index is 11.8. The van der Waals surface area contributed by atoms with Gasteiger partial charge < -0.3 is 14.9 Å². The Kier molecular flexibility index (Phi) is 4.94. The number of carbonyl (C=O) groups is 1. The van der Waals surface area contributed by atoms with Crippen molar-refractivity contribution in [3.63, 3.8) is 0 Å². The lowest BCUT2D eigenvalue weighted by Crippen LogP contribution is -2.20. The van der Waals surface area contributed by atoms with Crippen LogP contribution in [0.2, 0.25) is 0 Å². The second-order valence-corrected chi connectivity index (χ2v) is 5.53. The molecule has 10 heteroatoms. The molecule has 1 N–H and O–H groups in total. The van der Waals surface area contributed by atoms with E-state index in [9.17, 15) is 14.9 Å².